The van der Waals surface area contributed by atoms with E-state index < -0.39 is 0 Å². The van der Waals surface area contributed by atoms with Crippen LogP contribution in [0.2, 0.25) is 0 Å². The van der Waals surface area contributed by atoms with Gasteiger partial charge in [0.2, 0.25) is 5.91 Å². The minimum atomic E-state index is -0.213. The monoisotopic (exact) mass is 396 g/mol. The smallest absolute Gasteiger partial charge is 0.248 e. The molecule has 4 nitrogen and oxygen atoms in total. The molecule has 0 saturated carbocycles. The highest BCUT2D eigenvalue weighted by Crippen LogP contribution is 2.25. The standard InChI is InChI=1S/C20H17BrN2O2/c1-13-6-9-16-17(22-13)4-3-5-18(16)23-20(24)11-7-14-12-15(21)8-10-19(14)25-2/h3-12H,1-2H3,(H,23,24)/b11-7+. The molecule has 0 radical (unpaired) electrons. The van der Waals surface area contributed by atoms with Crippen molar-refractivity contribution in [2.75, 3.05) is 12.4 Å². The zero-order chi connectivity index (χ0) is 17.8. The molecule has 3 rings (SSSR count). The molecular weight excluding hydrogens is 380 g/mol. The van der Waals surface area contributed by atoms with E-state index in [1.54, 1.807) is 13.2 Å². The number of hydrogen-bond donors (Lipinski definition) is 1. The second-order valence-corrected chi connectivity index (χ2v) is 6.45. The molecule has 0 bridgehead atoms. The highest BCUT2D eigenvalue weighted by atomic mass is 79.9. The van der Waals surface area contributed by atoms with Crippen LogP contribution in [0.4, 0.5) is 5.69 Å². The third kappa shape index (κ3) is 4.06. The maximum absolute atomic E-state index is 12.3. The highest BCUT2D eigenvalue weighted by Gasteiger charge is 2.05. The number of halogens is 1. The minimum Gasteiger partial charge on any atom is -0.496 e. The highest BCUT2D eigenvalue weighted by molar-refractivity contribution is 9.10. The van der Waals surface area contributed by atoms with Crippen molar-refractivity contribution in [1.29, 1.82) is 0 Å². The Balaban J connectivity index is 1.83. The number of rotatable bonds is 4. The van der Waals surface area contributed by atoms with Gasteiger partial charge in [-0.05, 0) is 55.5 Å². The molecule has 3 aromatic rings. The molecule has 0 fully saturated rings. The van der Waals surface area contributed by atoms with Crippen LogP contribution in [0.1, 0.15) is 11.3 Å². The lowest BCUT2D eigenvalue weighted by molar-refractivity contribution is -0.111. The van der Waals surface area contributed by atoms with E-state index >= 15 is 0 Å². The van der Waals surface area contributed by atoms with Crippen molar-refractivity contribution in [3.8, 4) is 5.75 Å². The van der Waals surface area contributed by atoms with Crippen LogP contribution < -0.4 is 10.1 Å². The number of nitrogens with one attached hydrogen (secondary N) is 1. The van der Waals surface area contributed by atoms with Gasteiger partial charge < -0.3 is 10.1 Å². The van der Waals surface area contributed by atoms with Crippen molar-refractivity contribution in [2.45, 2.75) is 6.92 Å². The Labute approximate surface area is 154 Å². The summed E-state index contributed by atoms with van der Waals surface area (Å²) in [6, 6.07) is 15.2. The molecule has 1 N–H and O–H groups in total. The Morgan fingerprint density at radius 1 is 1.20 bits per heavy atom. The van der Waals surface area contributed by atoms with E-state index in [1.807, 2.05) is 55.5 Å². The zero-order valence-electron chi connectivity index (χ0n) is 13.9. The van der Waals surface area contributed by atoms with E-state index in [2.05, 4.69) is 26.2 Å². The maximum Gasteiger partial charge on any atom is 0.248 e. The molecule has 25 heavy (non-hydrogen) atoms. The number of aromatic nitrogens is 1. The van der Waals surface area contributed by atoms with Gasteiger partial charge in [0.1, 0.15) is 5.75 Å². The first-order valence-electron chi connectivity index (χ1n) is 7.76. The number of carbonyl (C=O) groups is 1. The Hall–Kier alpha value is -2.66. The van der Waals surface area contributed by atoms with Crippen molar-refractivity contribution in [1.82, 2.24) is 4.98 Å². The fourth-order valence-corrected chi connectivity index (χ4v) is 2.92. The second kappa shape index (κ2) is 7.49. The molecule has 5 heteroatoms. The third-order valence-corrected chi connectivity index (χ3v) is 4.23. The molecule has 0 unspecified atom stereocenters. The number of ether oxygens (including phenoxy) is 1. The van der Waals surface area contributed by atoms with E-state index in [9.17, 15) is 4.79 Å². The van der Waals surface area contributed by atoms with Crippen LogP contribution in [0.25, 0.3) is 17.0 Å². The second-order valence-electron chi connectivity index (χ2n) is 5.53. The van der Waals surface area contributed by atoms with Gasteiger partial charge >= 0.3 is 0 Å². The van der Waals surface area contributed by atoms with E-state index in [-0.39, 0.29) is 5.91 Å². The summed E-state index contributed by atoms with van der Waals surface area (Å²) < 4.78 is 6.23. The number of pyridine rings is 1. The Kier molecular flexibility index (Phi) is 5.14. The number of hydrogen-bond acceptors (Lipinski definition) is 3. The average molecular weight is 397 g/mol. The molecule has 126 valence electrons. The summed E-state index contributed by atoms with van der Waals surface area (Å²) in [4.78, 5) is 16.8. The largest absolute Gasteiger partial charge is 0.496 e. The maximum atomic E-state index is 12.3. The predicted octanol–water partition coefficient (Wildman–Crippen LogP) is 4.97. The summed E-state index contributed by atoms with van der Waals surface area (Å²) >= 11 is 3.42. The van der Waals surface area contributed by atoms with E-state index in [4.69, 9.17) is 4.74 Å². The van der Waals surface area contributed by atoms with E-state index in [1.165, 1.54) is 6.08 Å². The summed E-state index contributed by atoms with van der Waals surface area (Å²) in [5, 5.41) is 3.82. The first-order chi connectivity index (χ1) is 12.1. The number of methoxy groups -OCH3 is 1. The molecule has 0 atom stereocenters. The summed E-state index contributed by atoms with van der Waals surface area (Å²) in [6.07, 6.45) is 3.22. The number of nitrogens with zero attached hydrogens (tertiary/aromatic N) is 1. The molecule has 0 aliphatic heterocycles. The molecule has 1 amide bonds. The molecule has 0 aliphatic rings. The third-order valence-electron chi connectivity index (χ3n) is 3.74. The van der Waals surface area contributed by atoms with Gasteiger partial charge in [-0.25, -0.2) is 0 Å². The summed E-state index contributed by atoms with van der Waals surface area (Å²) in [5.41, 5.74) is 3.36. The summed E-state index contributed by atoms with van der Waals surface area (Å²) in [6.45, 7) is 1.94. The van der Waals surface area contributed by atoms with Crippen LogP contribution in [0.3, 0.4) is 0 Å². The van der Waals surface area contributed by atoms with Crippen molar-refractivity contribution < 1.29 is 9.53 Å². The van der Waals surface area contributed by atoms with E-state index in [0.29, 0.717) is 5.75 Å². The lowest BCUT2D eigenvalue weighted by Gasteiger charge is -2.08. The molecule has 2 aromatic carbocycles. The van der Waals surface area contributed by atoms with Gasteiger partial charge in [0, 0.05) is 27.2 Å². The normalized spacial score (nSPS) is 11.0. The van der Waals surface area contributed by atoms with Gasteiger partial charge in [0.05, 0.1) is 18.3 Å². The Morgan fingerprint density at radius 3 is 2.84 bits per heavy atom. The summed E-state index contributed by atoms with van der Waals surface area (Å²) in [5.74, 6) is 0.493. The van der Waals surface area contributed by atoms with Crippen LogP contribution >= 0.6 is 15.9 Å². The number of anilines is 1. The molecule has 1 heterocycles. The molecule has 0 aliphatic carbocycles. The minimum absolute atomic E-state index is 0.213. The molecule has 1 aromatic heterocycles. The van der Waals surface area contributed by atoms with Gasteiger partial charge in [-0.15, -0.1) is 0 Å². The van der Waals surface area contributed by atoms with Gasteiger partial charge in [-0.2, -0.15) is 0 Å². The van der Waals surface area contributed by atoms with Crippen molar-refractivity contribution >= 4 is 44.5 Å². The number of carbonyl (C=O) groups excluding carboxylic acids is 1. The zero-order valence-corrected chi connectivity index (χ0v) is 15.5. The first-order valence-corrected chi connectivity index (χ1v) is 8.55. The van der Waals surface area contributed by atoms with Crippen molar-refractivity contribution in [2.24, 2.45) is 0 Å². The SMILES string of the molecule is COc1ccc(Br)cc1/C=C/C(=O)Nc1cccc2nc(C)ccc12. The quantitative estimate of drug-likeness (QED) is 0.633. The predicted molar refractivity (Wildman–Crippen MR) is 105 cm³/mol. The number of aryl methyl sites for hydroxylation is 1. The van der Waals surface area contributed by atoms with Crippen LogP contribution in [0.5, 0.6) is 5.75 Å². The molecule has 0 spiro atoms. The Morgan fingerprint density at radius 2 is 2.04 bits per heavy atom. The van der Waals surface area contributed by atoms with Gasteiger partial charge in [0.15, 0.2) is 0 Å². The number of fused-ring (bicyclic) bond motifs is 1. The average Bonchev–Trinajstić information content (AvgIpc) is 2.60. The fraction of sp³-hybridized carbons (Fsp3) is 0.100. The number of benzene rings is 2. The van der Waals surface area contributed by atoms with Crippen LogP contribution in [0.15, 0.2) is 59.1 Å². The number of amides is 1. The lowest BCUT2D eigenvalue weighted by atomic mass is 10.1. The molecule has 0 saturated heterocycles. The van der Waals surface area contributed by atoms with Crippen LogP contribution in [0, 0.1) is 6.92 Å². The van der Waals surface area contributed by atoms with E-state index in [0.717, 1.165) is 32.3 Å². The van der Waals surface area contributed by atoms with Crippen molar-refractivity contribution in [3.63, 3.8) is 0 Å². The Bertz CT molecular complexity index is 967. The summed E-state index contributed by atoms with van der Waals surface area (Å²) in [7, 11) is 1.60. The van der Waals surface area contributed by atoms with Crippen LogP contribution in [-0.4, -0.2) is 18.0 Å². The topological polar surface area (TPSA) is 51.2 Å². The fourth-order valence-electron chi connectivity index (χ4n) is 2.54. The van der Waals surface area contributed by atoms with Gasteiger partial charge in [-0.1, -0.05) is 22.0 Å². The van der Waals surface area contributed by atoms with Gasteiger partial charge in [0.25, 0.3) is 0 Å². The van der Waals surface area contributed by atoms with Crippen molar-refractivity contribution in [3.05, 3.63) is 70.3 Å². The first kappa shape index (κ1) is 17.2. The molecular formula is C20H17BrN2O2. The van der Waals surface area contributed by atoms with Gasteiger partial charge in [-0.3, -0.25) is 9.78 Å². The van der Waals surface area contributed by atoms with Crippen LogP contribution in [-0.2, 0) is 4.79 Å². The lowest BCUT2D eigenvalue weighted by Crippen LogP contribution is -2.08.